The summed E-state index contributed by atoms with van der Waals surface area (Å²) < 4.78 is 5.66. The van der Waals surface area contributed by atoms with Crippen LogP contribution in [0.1, 0.15) is 25.3 Å². The van der Waals surface area contributed by atoms with Gasteiger partial charge in [-0.1, -0.05) is 0 Å². The Labute approximate surface area is 126 Å². The molecule has 21 heavy (non-hydrogen) atoms. The maximum atomic E-state index is 12.2. The van der Waals surface area contributed by atoms with Gasteiger partial charge >= 0.3 is 0 Å². The Hall–Kier alpha value is -1.59. The average Bonchev–Trinajstić information content (AvgIpc) is 2.43. The van der Waals surface area contributed by atoms with Crippen molar-refractivity contribution in [2.24, 2.45) is 0 Å². The molecule has 1 amide bonds. The number of amides is 1. The number of nitrogen functional groups attached to an aromatic ring is 1. The molecule has 116 valence electrons. The zero-order chi connectivity index (χ0) is 15.2. The number of anilines is 2. The minimum Gasteiger partial charge on any atom is -0.399 e. The van der Waals surface area contributed by atoms with Crippen molar-refractivity contribution in [1.29, 1.82) is 0 Å². The summed E-state index contributed by atoms with van der Waals surface area (Å²) in [5, 5.41) is 2.95. The topological polar surface area (TPSA) is 67.6 Å². The van der Waals surface area contributed by atoms with Crippen LogP contribution in [0.15, 0.2) is 18.2 Å². The molecule has 3 N–H and O–H groups in total. The Morgan fingerprint density at radius 3 is 3.05 bits per heavy atom. The molecule has 0 radical (unpaired) electrons. The maximum absolute atomic E-state index is 12.2. The van der Waals surface area contributed by atoms with Crippen LogP contribution in [0.3, 0.4) is 0 Å². The number of benzene rings is 1. The first-order valence-electron chi connectivity index (χ1n) is 7.58. The van der Waals surface area contributed by atoms with E-state index in [4.69, 9.17) is 10.5 Å². The lowest BCUT2D eigenvalue weighted by molar-refractivity contribution is -0.118. The van der Waals surface area contributed by atoms with E-state index in [0.29, 0.717) is 12.2 Å². The molecule has 1 heterocycles. The van der Waals surface area contributed by atoms with Gasteiger partial charge in [0, 0.05) is 24.5 Å². The summed E-state index contributed by atoms with van der Waals surface area (Å²) in [6.07, 6.45) is 2.43. The smallest absolute Gasteiger partial charge is 0.238 e. The Morgan fingerprint density at radius 2 is 2.33 bits per heavy atom. The van der Waals surface area contributed by atoms with Gasteiger partial charge in [-0.25, -0.2) is 0 Å². The fourth-order valence-corrected chi connectivity index (χ4v) is 2.75. The number of aryl methyl sites for hydroxylation is 1. The van der Waals surface area contributed by atoms with Crippen LogP contribution < -0.4 is 11.1 Å². The summed E-state index contributed by atoms with van der Waals surface area (Å²) >= 11 is 0. The molecule has 1 atom stereocenters. The molecular formula is C16H25N3O2. The van der Waals surface area contributed by atoms with Crippen molar-refractivity contribution in [2.45, 2.75) is 32.8 Å². The number of carbonyl (C=O) groups is 1. The first-order chi connectivity index (χ1) is 10.1. The van der Waals surface area contributed by atoms with E-state index in [0.717, 1.165) is 43.8 Å². The van der Waals surface area contributed by atoms with Crippen LogP contribution in [-0.4, -0.2) is 43.2 Å². The zero-order valence-corrected chi connectivity index (χ0v) is 12.9. The van der Waals surface area contributed by atoms with E-state index >= 15 is 0 Å². The number of likely N-dealkylation sites (tertiary alicyclic amines) is 1. The fraction of sp³-hybridized carbons (Fsp3) is 0.562. The van der Waals surface area contributed by atoms with Gasteiger partial charge in [-0.2, -0.15) is 0 Å². The van der Waals surface area contributed by atoms with Gasteiger partial charge in [0.15, 0.2) is 0 Å². The average molecular weight is 291 g/mol. The van der Waals surface area contributed by atoms with Crippen LogP contribution in [0.4, 0.5) is 11.4 Å². The summed E-state index contributed by atoms with van der Waals surface area (Å²) in [4.78, 5) is 14.3. The minimum absolute atomic E-state index is 0.0139. The van der Waals surface area contributed by atoms with Crippen LogP contribution in [0.5, 0.6) is 0 Å². The normalized spacial score (nSPS) is 19.4. The van der Waals surface area contributed by atoms with E-state index in [1.807, 2.05) is 26.0 Å². The highest BCUT2D eigenvalue weighted by molar-refractivity contribution is 5.93. The molecule has 5 nitrogen and oxygen atoms in total. The molecule has 1 aliphatic heterocycles. The van der Waals surface area contributed by atoms with Crippen LogP contribution in [0.2, 0.25) is 0 Å². The number of piperidine rings is 1. The molecule has 0 spiro atoms. The molecule has 1 aromatic carbocycles. The second kappa shape index (κ2) is 7.43. The van der Waals surface area contributed by atoms with Crippen molar-refractivity contribution < 1.29 is 9.53 Å². The van der Waals surface area contributed by atoms with Gasteiger partial charge in [-0.05, 0) is 57.0 Å². The third-order valence-corrected chi connectivity index (χ3v) is 3.76. The number of ether oxygens (including phenoxy) is 1. The molecule has 0 bridgehead atoms. The van der Waals surface area contributed by atoms with E-state index in [9.17, 15) is 4.79 Å². The second-order valence-corrected chi connectivity index (χ2v) is 5.58. The van der Waals surface area contributed by atoms with Crippen molar-refractivity contribution >= 4 is 17.3 Å². The molecule has 2 rings (SSSR count). The highest BCUT2D eigenvalue weighted by Crippen LogP contribution is 2.18. The van der Waals surface area contributed by atoms with Crippen molar-refractivity contribution in [3.05, 3.63) is 23.8 Å². The summed E-state index contributed by atoms with van der Waals surface area (Å²) in [6.45, 7) is 6.88. The minimum atomic E-state index is 0.0139. The Kier molecular flexibility index (Phi) is 5.59. The monoisotopic (exact) mass is 291 g/mol. The molecule has 1 aromatic rings. The standard InChI is InChI=1S/C16H25N3O2/c1-3-21-14-5-4-8-19(10-14)11-16(20)18-15-7-6-13(17)9-12(15)2/h6-7,9,14H,3-5,8,10-11,17H2,1-2H3,(H,18,20). The molecule has 1 saturated heterocycles. The molecule has 1 aliphatic rings. The zero-order valence-electron chi connectivity index (χ0n) is 12.9. The fourth-order valence-electron chi connectivity index (χ4n) is 2.75. The molecule has 0 aromatic heterocycles. The third kappa shape index (κ3) is 4.72. The van der Waals surface area contributed by atoms with E-state index in [1.165, 1.54) is 0 Å². The van der Waals surface area contributed by atoms with Crippen LogP contribution in [0.25, 0.3) is 0 Å². The van der Waals surface area contributed by atoms with E-state index in [-0.39, 0.29) is 12.0 Å². The van der Waals surface area contributed by atoms with E-state index < -0.39 is 0 Å². The van der Waals surface area contributed by atoms with Gasteiger partial charge in [0.05, 0.1) is 12.6 Å². The van der Waals surface area contributed by atoms with Gasteiger partial charge in [-0.15, -0.1) is 0 Å². The predicted molar refractivity (Wildman–Crippen MR) is 85.3 cm³/mol. The molecular weight excluding hydrogens is 266 g/mol. The molecule has 1 unspecified atom stereocenters. The number of hydrogen-bond donors (Lipinski definition) is 2. The van der Waals surface area contributed by atoms with Crippen LogP contribution >= 0.6 is 0 Å². The Morgan fingerprint density at radius 1 is 1.52 bits per heavy atom. The van der Waals surface area contributed by atoms with Gasteiger partial charge in [0.25, 0.3) is 0 Å². The largest absolute Gasteiger partial charge is 0.399 e. The van der Waals surface area contributed by atoms with Crippen LogP contribution in [0, 0.1) is 6.92 Å². The van der Waals surface area contributed by atoms with E-state index in [1.54, 1.807) is 6.07 Å². The summed E-state index contributed by atoms with van der Waals surface area (Å²) in [5.41, 5.74) is 8.23. The molecule has 0 saturated carbocycles. The van der Waals surface area contributed by atoms with Crippen LogP contribution in [-0.2, 0) is 9.53 Å². The summed E-state index contributed by atoms with van der Waals surface area (Å²) in [5.74, 6) is 0.0139. The number of nitrogens with two attached hydrogens (primary N) is 1. The molecule has 1 fully saturated rings. The number of nitrogens with one attached hydrogen (secondary N) is 1. The Bertz CT molecular complexity index is 488. The lowest BCUT2D eigenvalue weighted by atomic mass is 10.1. The van der Waals surface area contributed by atoms with Gasteiger partial charge in [0.1, 0.15) is 0 Å². The van der Waals surface area contributed by atoms with Crippen molar-refractivity contribution in [1.82, 2.24) is 4.90 Å². The van der Waals surface area contributed by atoms with E-state index in [2.05, 4.69) is 10.2 Å². The highest BCUT2D eigenvalue weighted by Gasteiger charge is 2.21. The van der Waals surface area contributed by atoms with Gasteiger partial charge in [-0.3, -0.25) is 9.69 Å². The molecule has 0 aliphatic carbocycles. The molecule has 5 heteroatoms. The lowest BCUT2D eigenvalue weighted by Crippen LogP contribution is -2.43. The second-order valence-electron chi connectivity index (χ2n) is 5.58. The van der Waals surface area contributed by atoms with Gasteiger partial charge < -0.3 is 15.8 Å². The quantitative estimate of drug-likeness (QED) is 0.814. The third-order valence-electron chi connectivity index (χ3n) is 3.76. The number of nitrogens with zero attached hydrogens (tertiary/aromatic N) is 1. The number of carbonyl (C=O) groups excluding carboxylic acids is 1. The van der Waals surface area contributed by atoms with Crippen molar-refractivity contribution in [3.63, 3.8) is 0 Å². The van der Waals surface area contributed by atoms with Crippen molar-refractivity contribution in [3.8, 4) is 0 Å². The first kappa shape index (κ1) is 15.8. The maximum Gasteiger partial charge on any atom is 0.238 e. The summed E-state index contributed by atoms with van der Waals surface area (Å²) in [6, 6.07) is 5.51. The Balaban J connectivity index is 1.86. The van der Waals surface area contributed by atoms with Gasteiger partial charge in [0.2, 0.25) is 5.91 Å². The first-order valence-corrected chi connectivity index (χ1v) is 7.58. The highest BCUT2D eigenvalue weighted by atomic mass is 16.5. The summed E-state index contributed by atoms with van der Waals surface area (Å²) in [7, 11) is 0. The number of rotatable bonds is 5. The lowest BCUT2D eigenvalue weighted by Gasteiger charge is -2.31. The van der Waals surface area contributed by atoms with Crippen molar-refractivity contribution in [2.75, 3.05) is 37.3 Å². The number of hydrogen-bond acceptors (Lipinski definition) is 4. The predicted octanol–water partition coefficient (Wildman–Crippen LogP) is 2.02. The SMILES string of the molecule is CCOC1CCCN(CC(=O)Nc2ccc(N)cc2C)C1.